The molecule has 0 bridgehead atoms. The Morgan fingerprint density at radius 2 is 1.96 bits per heavy atom. The van der Waals surface area contributed by atoms with Crippen molar-refractivity contribution in [1.29, 1.82) is 0 Å². The van der Waals surface area contributed by atoms with Gasteiger partial charge in [0.1, 0.15) is 5.76 Å². The molecule has 1 heterocycles. The minimum atomic E-state index is -3.56. The molecular formula is C17H21O6P. The zero-order valence-corrected chi connectivity index (χ0v) is 14.8. The van der Waals surface area contributed by atoms with Gasteiger partial charge in [0.15, 0.2) is 0 Å². The maximum Gasteiger partial charge on any atom is 0.395 e. The van der Waals surface area contributed by atoms with E-state index in [0.717, 1.165) is 5.56 Å². The number of carbonyl (C=O) groups excluding carboxylic acids is 1. The Morgan fingerprint density at radius 1 is 1.29 bits per heavy atom. The Bertz CT molecular complexity index is 672. The van der Waals surface area contributed by atoms with Gasteiger partial charge < -0.3 is 18.5 Å². The molecule has 0 fully saturated rings. The maximum absolute atomic E-state index is 12.7. The predicted molar refractivity (Wildman–Crippen MR) is 89.3 cm³/mol. The van der Waals surface area contributed by atoms with Crippen LogP contribution in [-0.2, 0) is 27.9 Å². The third kappa shape index (κ3) is 4.35. The summed E-state index contributed by atoms with van der Waals surface area (Å²) in [7, 11) is -0.990. The number of carbonyl (C=O) groups is 1. The smallest absolute Gasteiger partial charge is 0.395 e. The second kappa shape index (κ2) is 8.29. The third-order valence-electron chi connectivity index (χ3n) is 3.54. The zero-order chi connectivity index (χ0) is 17.6. The van der Waals surface area contributed by atoms with Crippen LogP contribution in [0, 0.1) is 0 Å². The molecule has 0 amide bonds. The highest BCUT2D eigenvalue weighted by Gasteiger charge is 2.35. The summed E-state index contributed by atoms with van der Waals surface area (Å²) in [5.41, 5.74) is 1.08. The van der Waals surface area contributed by atoms with E-state index in [-0.39, 0.29) is 18.0 Å². The van der Waals surface area contributed by atoms with Crippen LogP contribution in [-0.4, -0.2) is 26.8 Å². The first-order valence-corrected chi connectivity index (χ1v) is 9.10. The van der Waals surface area contributed by atoms with Crippen LogP contribution in [0.15, 0.2) is 53.7 Å². The van der Waals surface area contributed by atoms with Gasteiger partial charge in [0.05, 0.1) is 12.7 Å². The maximum atomic E-state index is 12.7. The molecule has 6 nitrogen and oxygen atoms in total. The van der Waals surface area contributed by atoms with Crippen LogP contribution < -0.4 is 0 Å². The number of benzene rings is 1. The molecule has 1 aliphatic heterocycles. The van der Waals surface area contributed by atoms with Crippen LogP contribution in [0.4, 0.5) is 0 Å². The van der Waals surface area contributed by atoms with Gasteiger partial charge in [-0.15, -0.1) is 0 Å². The van der Waals surface area contributed by atoms with Gasteiger partial charge in [0.2, 0.25) is 5.50 Å². The molecule has 1 atom stereocenters. The summed E-state index contributed by atoms with van der Waals surface area (Å²) in [6.45, 7) is 1.99. The van der Waals surface area contributed by atoms with E-state index >= 15 is 0 Å². The van der Waals surface area contributed by atoms with E-state index < -0.39 is 13.6 Å². The van der Waals surface area contributed by atoms with Crippen LogP contribution in [0.2, 0.25) is 0 Å². The first kappa shape index (κ1) is 18.5. The lowest BCUT2D eigenvalue weighted by Gasteiger charge is -2.27. The standard InChI is InChI=1S/C17H21O6P/c1-4-22-16(18)12-15-10-14(13-8-6-5-7-9-13)11-17(23-15)24(19,20-2)21-3/h5-9,11-12,14H,4,10H2,1-3H3/b15-12+. The molecule has 0 spiro atoms. The van der Waals surface area contributed by atoms with E-state index in [4.69, 9.17) is 18.5 Å². The Kier molecular flexibility index (Phi) is 6.37. The third-order valence-corrected chi connectivity index (χ3v) is 5.29. The highest BCUT2D eigenvalue weighted by molar-refractivity contribution is 7.58. The molecule has 1 aromatic rings. The highest BCUT2D eigenvalue weighted by atomic mass is 31.2. The van der Waals surface area contributed by atoms with Gasteiger partial charge in [-0.05, 0) is 18.6 Å². The number of allylic oxidation sites excluding steroid dienone is 2. The minimum Gasteiger partial charge on any atom is -0.463 e. The Balaban J connectivity index is 2.39. The number of esters is 1. The molecule has 1 aromatic carbocycles. The molecule has 24 heavy (non-hydrogen) atoms. The quantitative estimate of drug-likeness (QED) is 0.438. The fourth-order valence-corrected chi connectivity index (χ4v) is 3.48. The summed E-state index contributed by atoms with van der Waals surface area (Å²) >= 11 is 0. The van der Waals surface area contributed by atoms with E-state index in [1.807, 2.05) is 30.3 Å². The molecule has 130 valence electrons. The largest absolute Gasteiger partial charge is 0.463 e. The van der Waals surface area contributed by atoms with E-state index in [1.54, 1.807) is 13.0 Å². The zero-order valence-electron chi connectivity index (χ0n) is 13.9. The average molecular weight is 352 g/mol. The van der Waals surface area contributed by atoms with Gasteiger partial charge in [0, 0.05) is 26.6 Å². The molecule has 1 aliphatic rings. The fourth-order valence-electron chi connectivity index (χ4n) is 2.38. The van der Waals surface area contributed by atoms with E-state index in [0.29, 0.717) is 12.2 Å². The lowest BCUT2D eigenvalue weighted by atomic mass is 9.93. The monoisotopic (exact) mass is 352 g/mol. The lowest BCUT2D eigenvalue weighted by Crippen LogP contribution is -2.12. The van der Waals surface area contributed by atoms with Crippen LogP contribution in [0.25, 0.3) is 0 Å². The molecule has 7 heteroatoms. The summed E-state index contributed by atoms with van der Waals surface area (Å²) in [5.74, 6) is -0.270. The van der Waals surface area contributed by atoms with Crippen LogP contribution >= 0.6 is 7.60 Å². The Morgan fingerprint density at radius 3 is 2.54 bits per heavy atom. The molecule has 0 aromatic heterocycles. The molecule has 0 saturated heterocycles. The van der Waals surface area contributed by atoms with Crippen molar-refractivity contribution in [2.45, 2.75) is 19.3 Å². The Hall–Kier alpha value is -1.88. The summed E-state index contributed by atoms with van der Waals surface area (Å²) in [4.78, 5) is 11.7. The normalized spacial score (nSPS) is 19.5. The topological polar surface area (TPSA) is 71.1 Å². The molecule has 1 unspecified atom stereocenters. The van der Waals surface area contributed by atoms with Gasteiger partial charge in [0.25, 0.3) is 0 Å². The minimum absolute atomic E-state index is 0.0724. The van der Waals surface area contributed by atoms with Gasteiger partial charge in [-0.3, -0.25) is 4.57 Å². The number of hydrogen-bond acceptors (Lipinski definition) is 6. The first-order valence-electron chi connectivity index (χ1n) is 7.56. The number of hydrogen-bond donors (Lipinski definition) is 0. The van der Waals surface area contributed by atoms with Crippen molar-refractivity contribution in [3.8, 4) is 0 Å². The fraction of sp³-hybridized carbons (Fsp3) is 0.353. The van der Waals surface area contributed by atoms with Crippen molar-refractivity contribution >= 4 is 13.6 Å². The number of rotatable bonds is 6. The SMILES string of the molecule is CCOC(=O)/C=C1\CC(c2ccccc2)C=C(P(=O)(OC)OC)O1. The molecule has 0 radical (unpaired) electrons. The summed E-state index contributed by atoms with van der Waals surface area (Å²) < 4.78 is 33.2. The van der Waals surface area contributed by atoms with Crippen LogP contribution in [0.5, 0.6) is 0 Å². The van der Waals surface area contributed by atoms with Crippen LogP contribution in [0.3, 0.4) is 0 Å². The van der Waals surface area contributed by atoms with Crippen LogP contribution in [0.1, 0.15) is 24.8 Å². The second-order valence-electron chi connectivity index (χ2n) is 5.05. The highest BCUT2D eigenvalue weighted by Crippen LogP contribution is 2.58. The summed E-state index contributed by atoms with van der Waals surface area (Å²) in [6, 6.07) is 9.66. The van der Waals surface area contributed by atoms with Gasteiger partial charge in [-0.2, -0.15) is 0 Å². The molecule has 0 N–H and O–H groups in total. The van der Waals surface area contributed by atoms with Crippen molar-refractivity contribution in [3.05, 3.63) is 59.3 Å². The summed E-state index contributed by atoms with van der Waals surface area (Å²) in [6.07, 6.45) is 3.42. The van der Waals surface area contributed by atoms with E-state index in [1.165, 1.54) is 20.3 Å². The average Bonchev–Trinajstić information content (AvgIpc) is 2.61. The van der Waals surface area contributed by atoms with Crippen molar-refractivity contribution < 1.29 is 27.9 Å². The van der Waals surface area contributed by atoms with Crippen molar-refractivity contribution in [1.82, 2.24) is 0 Å². The predicted octanol–water partition coefficient (Wildman–Crippen LogP) is 3.96. The second-order valence-corrected chi connectivity index (χ2v) is 7.22. The van der Waals surface area contributed by atoms with Gasteiger partial charge in [-0.1, -0.05) is 30.3 Å². The van der Waals surface area contributed by atoms with Crippen molar-refractivity contribution in [2.75, 3.05) is 20.8 Å². The molecule has 0 saturated carbocycles. The number of ether oxygens (including phenoxy) is 2. The molecular weight excluding hydrogens is 331 g/mol. The molecule has 0 aliphatic carbocycles. The van der Waals surface area contributed by atoms with E-state index in [2.05, 4.69) is 0 Å². The lowest BCUT2D eigenvalue weighted by molar-refractivity contribution is -0.137. The summed E-state index contributed by atoms with van der Waals surface area (Å²) in [5, 5.41) is 0. The molecule has 2 rings (SSSR count). The first-order chi connectivity index (χ1) is 11.5. The van der Waals surface area contributed by atoms with Gasteiger partial charge in [-0.25, -0.2) is 4.79 Å². The van der Waals surface area contributed by atoms with Crippen molar-refractivity contribution in [3.63, 3.8) is 0 Å². The van der Waals surface area contributed by atoms with Gasteiger partial charge >= 0.3 is 13.6 Å². The Labute approximate surface area is 141 Å². The van der Waals surface area contributed by atoms with Crippen molar-refractivity contribution in [2.24, 2.45) is 0 Å². The van der Waals surface area contributed by atoms with E-state index in [9.17, 15) is 9.36 Å².